The van der Waals surface area contributed by atoms with Gasteiger partial charge in [0.15, 0.2) is 5.69 Å². The number of para-hydroxylation sites is 1. The molecule has 2 heterocycles. The summed E-state index contributed by atoms with van der Waals surface area (Å²) in [5.41, 5.74) is 3.96. The van der Waals surface area contributed by atoms with Crippen LogP contribution in [-0.2, 0) is 4.79 Å². The summed E-state index contributed by atoms with van der Waals surface area (Å²) >= 11 is 0. The van der Waals surface area contributed by atoms with Gasteiger partial charge in [0, 0.05) is 5.69 Å². The minimum atomic E-state index is -0.781. The van der Waals surface area contributed by atoms with Crippen LogP contribution in [-0.4, -0.2) is 19.0 Å². The van der Waals surface area contributed by atoms with E-state index in [4.69, 9.17) is 4.74 Å². The Labute approximate surface area is 169 Å². The number of rotatable bonds is 4. The third-order valence-corrected chi connectivity index (χ3v) is 5.17. The molecule has 2 amide bonds. The zero-order valence-corrected chi connectivity index (χ0v) is 16.5. The summed E-state index contributed by atoms with van der Waals surface area (Å²) in [7, 11) is 1.59. The van der Waals surface area contributed by atoms with Crippen molar-refractivity contribution in [2.24, 2.45) is 0 Å². The number of hydrogen-bond acceptors (Lipinski definition) is 3. The maximum absolute atomic E-state index is 13.4. The minimum Gasteiger partial charge on any atom is -0.497 e. The SMILES string of the molecule is COc1ccc(N2C(=O)[n+]3ccccc3[C@@H]2C(=O)Nc2c(C)cccc2C)cc1. The van der Waals surface area contributed by atoms with E-state index in [0.717, 1.165) is 16.8 Å². The molecule has 0 fully saturated rings. The van der Waals surface area contributed by atoms with Crippen molar-refractivity contribution in [2.75, 3.05) is 17.3 Å². The Bertz CT molecular complexity index is 1070. The van der Waals surface area contributed by atoms with E-state index >= 15 is 0 Å². The molecule has 1 aromatic heterocycles. The fourth-order valence-electron chi connectivity index (χ4n) is 3.67. The topological polar surface area (TPSA) is 62.5 Å². The number of pyridine rings is 1. The number of carbonyl (C=O) groups excluding carboxylic acids is 2. The summed E-state index contributed by atoms with van der Waals surface area (Å²) in [4.78, 5) is 28.0. The van der Waals surface area contributed by atoms with Gasteiger partial charge in [-0.25, -0.2) is 0 Å². The number of hydrogen-bond donors (Lipinski definition) is 1. The fourth-order valence-corrected chi connectivity index (χ4v) is 3.67. The van der Waals surface area contributed by atoms with Gasteiger partial charge < -0.3 is 10.1 Å². The van der Waals surface area contributed by atoms with Gasteiger partial charge in [-0.1, -0.05) is 24.3 Å². The molecule has 0 aliphatic carbocycles. The first kappa shape index (κ1) is 18.7. The predicted octanol–water partition coefficient (Wildman–Crippen LogP) is 3.77. The number of fused-ring (bicyclic) bond motifs is 1. The van der Waals surface area contributed by atoms with E-state index < -0.39 is 6.04 Å². The molecule has 1 aliphatic rings. The zero-order chi connectivity index (χ0) is 20.5. The first-order chi connectivity index (χ1) is 14.0. The molecule has 2 aromatic carbocycles. The van der Waals surface area contributed by atoms with Crippen LogP contribution in [0.25, 0.3) is 0 Å². The second kappa shape index (κ2) is 7.39. The molecule has 0 saturated carbocycles. The third kappa shape index (κ3) is 3.23. The van der Waals surface area contributed by atoms with E-state index in [9.17, 15) is 9.59 Å². The van der Waals surface area contributed by atoms with E-state index in [1.807, 2.05) is 38.1 Å². The van der Waals surface area contributed by atoms with Crippen LogP contribution in [0.1, 0.15) is 22.9 Å². The van der Waals surface area contributed by atoms with Gasteiger partial charge in [0.1, 0.15) is 11.4 Å². The van der Waals surface area contributed by atoms with E-state index in [1.165, 1.54) is 9.47 Å². The van der Waals surface area contributed by atoms with E-state index in [-0.39, 0.29) is 11.9 Å². The van der Waals surface area contributed by atoms with Crippen LogP contribution in [0.5, 0.6) is 5.75 Å². The lowest BCUT2D eigenvalue weighted by Gasteiger charge is -2.18. The van der Waals surface area contributed by atoms with Crippen molar-refractivity contribution in [1.29, 1.82) is 0 Å². The lowest BCUT2D eigenvalue weighted by molar-refractivity contribution is -0.569. The van der Waals surface area contributed by atoms with E-state index in [1.54, 1.807) is 49.7 Å². The second-order valence-electron chi connectivity index (χ2n) is 7.00. The lowest BCUT2D eigenvalue weighted by atomic mass is 10.1. The molecular formula is C23H22N3O3+. The molecule has 146 valence electrons. The smallest absolute Gasteiger partial charge is 0.497 e. The quantitative estimate of drug-likeness (QED) is 0.692. The monoisotopic (exact) mass is 388 g/mol. The number of anilines is 2. The average Bonchev–Trinajstić information content (AvgIpc) is 3.03. The molecule has 6 heteroatoms. The highest BCUT2D eigenvalue weighted by Crippen LogP contribution is 2.33. The van der Waals surface area contributed by atoms with Gasteiger partial charge in [0.05, 0.1) is 13.3 Å². The van der Waals surface area contributed by atoms with Crippen LogP contribution in [0.2, 0.25) is 0 Å². The summed E-state index contributed by atoms with van der Waals surface area (Å²) in [5, 5.41) is 3.03. The van der Waals surface area contributed by atoms with Gasteiger partial charge in [-0.2, -0.15) is 14.3 Å². The van der Waals surface area contributed by atoms with Crippen molar-refractivity contribution < 1.29 is 18.9 Å². The van der Waals surface area contributed by atoms with Crippen molar-refractivity contribution in [1.82, 2.24) is 0 Å². The Morgan fingerprint density at radius 2 is 1.69 bits per heavy atom. The van der Waals surface area contributed by atoms with E-state index in [0.29, 0.717) is 17.1 Å². The lowest BCUT2D eigenvalue weighted by Crippen LogP contribution is -2.45. The molecule has 6 nitrogen and oxygen atoms in total. The standard InChI is InChI=1S/C23H21N3O3/c1-15-7-6-8-16(2)20(15)24-22(27)21-19-9-4-5-14-25(19)23(28)26(21)17-10-12-18(29-3)13-11-17/h4-14,21H,1-3H3/p+1/t21-/m1/s1. The van der Waals surface area contributed by atoms with Crippen molar-refractivity contribution in [3.63, 3.8) is 0 Å². The number of nitrogens with one attached hydrogen (secondary N) is 1. The summed E-state index contributed by atoms with van der Waals surface area (Å²) in [5.74, 6) is 0.422. The number of nitrogens with zero attached hydrogens (tertiary/aromatic N) is 2. The molecular weight excluding hydrogens is 366 g/mol. The van der Waals surface area contributed by atoms with E-state index in [2.05, 4.69) is 5.32 Å². The van der Waals surface area contributed by atoms with Crippen LogP contribution < -0.4 is 19.5 Å². The number of carbonyl (C=O) groups is 2. The molecule has 0 unspecified atom stereocenters. The molecule has 4 rings (SSSR count). The molecule has 0 saturated heterocycles. The summed E-state index contributed by atoms with van der Waals surface area (Å²) < 4.78 is 6.73. The Balaban J connectivity index is 1.76. The Hall–Kier alpha value is -3.67. The van der Waals surface area contributed by atoms with Crippen molar-refractivity contribution in [3.05, 3.63) is 83.7 Å². The van der Waals surface area contributed by atoms with Gasteiger partial charge in [0.25, 0.3) is 5.91 Å². The third-order valence-electron chi connectivity index (χ3n) is 5.17. The van der Waals surface area contributed by atoms with Gasteiger partial charge in [-0.05, 0) is 61.4 Å². The molecule has 1 N–H and O–H groups in total. The number of benzene rings is 2. The molecule has 0 radical (unpaired) electrons. The summed E-state index contributed by atoms with van der Waals surface area (Å²) in [6.45, 7) is 3.90. The first-order valence-electron chi connectivity index (χ1n) is 9.36. The summed E-state index contributed by atoms with van der Waals surface area (Å²) in [6, 6.07) is 17.3. The number of methoxy groups -OCH3 is 1. The number of aryl methyl sites for hydroxylation is 2. The van der Waals surface area contributed by atoms with Gasteiger partial charge >= 0.3 is 6.03 Å². The molecule has 0 spiro atoms. The van der Waals surface area contributed by atoms with Gasteiger partial charge in [0.2, 0.25) is 6.04 Å². The number of ether oxygens (including phenoxy) is 1. The van der Waals surface area contributed by atoms with Crippen LogP contribution in [0.3, 0.4) is 0 Å². The Morgan fingerprint density at radius 1 is 1.00 bits per heavy atom. The van der Waals surface area contributed by atoms with Crippen molar-refractivity contribution in [2.45, 2.75) is 19.9 Å². The predicted molar refractivity (Wildman–Crippen MR) is 110 cm³/mol. The fraction of sp³-hybridized carbons (Fsp3) is 0.174. The Kier molecular flexibility index (Phi) is 4.76. The number of amides is 2. The highest BCUT2D eigenvalue weighted by molar-refractivity contribution is 6.05. The second-order valence-corrected chi connectivity index (χ2v) is 7.00. The minimum absolute atomic E-state index is 0.260. The largest absolute Gasteiger partial charge is 0.504 e. The normalized spacial score (nSPS) is 15.2. The number of aromatic nitrogens is 1. The Morgan fingerprint density at radius 3 is 2.34 bits per heavy atom. The van der Waals surface area contributed by atoms with Crippen LogP contribution >= 0.6 is 0 Å². The molecule has 1 aliphatic heterocycles. The van der Waals surface area contributed by atoms with Crippen LogP contribution in [0, 0.1) is 13.8 Å². The van der Waals surface area contributed by atoms with Crippen LogP contribution in [0.15, 0.2) is 66.9 Å². The maximum atomic E-state index is 13.4. The van der Waals surface area contributed by atoms with Crippen molar-refractivity contribution in [3.8, 4) is 5.75 Å². The highest BCUT2D eigenvalue weighted by atomic mass is 16.5. The molecule has 0 bridgehead atoms. The molecule has 3 aromatic rings. The van der Waals surface area contributed by atoms with Gasteiger partial charge in [-0.3, -0.25) is 4.79 Å². The van der Waals surface area contributed by atoms with Gasteiger partial charge in [-0.15, -0.1) is 0 Å². The van der Waals surface area contributed by atoms with Crippen LogP contribution in [0.4, 0.5) is 16.2 Å². The summed E-state index contributed by atoms with van der Waals surface area (Å²) in [6.07, 6.45) is 1.68. The first-order valence-corrected chi connectivity index (χ1v) is 9.36. The van der Waals surface area contributed by atoms with Crippen molar-refractivity contribution >= 4 is 23.3 Å². The molecule has 1 atom stereocenters. The zero-order valence-electron chi connectivity index (χ0n) is 16.5. The maximum Gasteiger partial charge on any atom is 0.504 e. The average molecular weight is 388 g/mol. The highest BCUT2D eigenvalue weighted by Gasteiger charge is 2.50. The molecule has 29 heavy (non-hydrogen) atoms.